The molecule has 2 nitrogen and oxygen atoms in total. The molecule has 0 aromatic rings. The Kier molecular flexibility index (Phi) is 3.41. The number of hydrogen-bond acceptors (Lipinski definition) is 1. The van der Waals surface area contributed by atoms with Crippen molar-refractivity contribution in [2.24, 2.45) is 0 Å². The van der Waals surface area contributed by atoms with Crippen LogP contribution in [0, 0.1) is 0 Å². The highest BCUT2D eigenvalue weighted by Crippen LogP contribution is 2.24. The Labute approximate surface area is 82.1 Å². The number of carbonyl (C=O) groups excluding carboxylic acids is 1. The molecule has 0 saturated carbocycles. The van der Waals surface area contributed by atoms with Crippen molar-refractivity contribution in [2.45, 2.75) is 19.8 Å². The van der Waals surface area contributed by atoms with Gasteiger partial charge in [-0.05, 0) is 6.42 Å². The molecule has 0 spiro atoms. The lowest BCUT2D eigenvalue weighted by molar-refractivity contribution is -0.124. The topological polar surface area (TPSA) is 20.3 Å². The summed E-state index contributed by atoms with van der Waals surface area (Å²) in [4.78, 5) is 12.9. The number of halogens is 2. The van der Waals surface area contributed by atoms with Crippen LogP contribution in [-0.4, -0.2) is 23.9 Å². The van der Waals surface area contributed by atoms with Crippen molar-refractivity contribution in [1.82, 2.24) is 4.90 Å². The molecule has 1 aliphatic rings. The fourth-order valence-electron chi connectivity index (χ4n) is 1.09. The first-order chi connectivity index (χ1) is 5.66. The fraction of sp³-hybridized carbons (Fsp3) is 0.625. The third kappa shape index (κ3) is 1.93. The van der Waals surface area contributed by atoms with Crippen LogP contribution in [0.2, 0.25) is 0 Å². The Bertz CT molecular complexity index is 225. The Morgan fingerprint density at radius 2 is 2.17 bits per heavy atom. The van der Waals surface area contributed by atoms with Gasteiger partial charge in [0.1, 0.15) is 5.03 Å². The van der Waals surface area contributed by atoms with Crippen molar-refractivity contribution in [3.8, 4) is 0 Å². The molecular weight excluding hydrogens is 197 g/mol. The summed E-state index contributed by atoms with van der Waals surface area (Å²) >= 11 is 11.4. The van der Waals surface area contributed by atoms with E-state index in [0.717, 1.165) is 19.4 Å². The molecule has 0 bridgehead atoms. The van der Waals surface area contributed by atoms with Crippen LogP contribution in [0.5, 0.6) is 0 Å². The summed E-state index contributed by atoms with van der Waals surface area (Å²) in [6.45, 7) is 3.32. The van der Waals surface area contributed by atoms with Crippen LogP contribution in [0.3, 0.4) is 0 Å². The molecule has 1 heterocycles. The Hall–Kier alpha value is -0.210. The van der Waals surface area contributed by atoms with Crippen LogP contribution in [0.1, 0.15) is 19.8 Å². The number of carbonyl (C=O) groups is 1. The Morgan fingerprint density at radius 1 is 1.50 bits per heavy atom. The normalized spacial score (nSPS) is 17.9. The predicted molar refractivity (Wildman–Crippen MR) is 50.2 cm³/mol. The summed E-state index contributed by atoms with van der Waals surface area (Å²) in [6, 6.07) is 0. The van der Waals surface area contributed by atoms with Crippen LogP contribution in [0.4, 0.5) is 0 Å². The quantitative estimate of drug-likeness (QED) is 0.696. The SMILES string of the molecule is CCCCN1CC(Cl)=C(Cl)C1=O. The van der Waals surface area contributed by atoms with Gasteiger partial charge in [0.25, 0.3) is 5.91 Å². The number of unbranched alkanes of at least 4 members (excludes halogenated alkanes) is 1. The molecule has 0 aromatic carbocycles. The van der Waals surface area contributed by atoms with E-state index in [1.165, 1.54) is 0 Å². The molecule has 12 heavy (non-hydrogen) atoms. The minimum Gasteiger partial charge on any atom is -0.333 e. The van der Waals surface area contributed by atoms with Gasteiger partial charge < -0.3 is 4.90 Å². The molecule has 68 valence electrons. The van der Waals surface area contributed by atoms with E-state index in [1.54, 1.807) is 4.90 Å². The van der Waals surface area contributed by atoms with Gasteiger partial charge in [-0.25, -0.2) is 0 Å². The second-order valence-corrected chi connectivity index (χ2v) is 3.63. The second kappa shape index (κ2) is 4.15. The molecule has 0 aromatic heterocycles. The highest BCUT2D eigenvalue weighted by molar-refractivity contribution is 6.49. The summed E-state index contributed by atoms with van der Waals surface area (Å²) in [7, 11) is 0. The van der Waals surface area contributed by atoms with Crippen molar-refractivity contribution >= 4 is 29.1 Å². The van der Waals surface area contributed by atoms with Gasteiger partial charge in [0, 0.05) is 6.54 Å². The van der Waals surface area contributed by atoms with Gasteiger partial charge in [-0.2, -0.15) is 0 Å². The largest absolute Gasteiger partial charge is 0.333 e. The monoisotopic (exact) mass is 207 g/mol. The summed E-state index contributed by atoms with van der Waals surface area (Å²) in [5.41, 5.74) is 0. The molecule has 1 aliphatic heterocycles. The highest BCUT2D eigenvalue weighted by atomic mass is 35.5. The first-order valence-corrected chi connectivity index (χ1v) is 4.75. The Balaban J connectivity index is 2.49. The van der Waals surface area contributed by atoms with Gasteiger partial charge in [0.05, 0.1) is 11.6 Å². The maximum atomic E-state index is 11.3. The maximum Gasteiger partial charge on any atom is 0.266 e. The van der Waals surface area contributed by atoms with Crippen molar-refractivity contribution in [3.63, 3.8) is 0 Å². The zero-order chi connectivity index (χ0) is 9.14. The van der Waals surface area contributed by atoms with Crippen LogP contribution in [0.25, 0.3) is 0 Å². The average molecular weight is 208 g/mol. The number of rotatable bonds is 3. The molecule has 0 fully saturated rings. The lowest BCUT2D eigenvalue weighted by Gasteiger charge is -2.14. The lowest BCUT2D eigenvalue weighted by atomic mass is 10.3. The van der Waals surface area contributed by atoms with Gasteiger partial charge in [0.15, 0.2) is 0 Å². The number of hydrogen-bond donors (Lipinski definition) is 0. The zero-order valence-corrected chi connectivity index (χ0v) is 8.45. The summed E-state index contributed by atoms with van der Waals surface area (Å²) < 4.78 is 0. The molecule has 4 heteroatoms. The molecule has 0 unspecified atom stereocenters. The average Bonchev–Trinajstić information content (AvgIpc) is 2.30. The van der Waals surface area contributed by atoms with E-state index in [2.05, 4.69) is 6.92 Å². The van der Waals surface area contributed by atoms with E-state index in [1.807, 2.05) is 0 Å². The molecule has 1 amide bonds. The second-order valence-electron chi connectivity index (χ2n) is 2.80. The van der Waals surface area contributed by atoms with Crippen molar-refractivity contribution < 1.29 is 4.79 Å². The molecule has 0 atom stereocenters. The van der Waals surface area contributed by atoms with Gasteiger partial charge in [0.2, 0.25) is 0 Å². The van der Waals surface area contributed by atoms with Crippen molar-refractivity contribution in [3.05, 3.63) is 10.1 Å². The summed E-state index contributed by atoms with van der Waals surface area (Å²) in [5.74, 6) is -0.130. The lowest BCUT2D eigenvalue weighted by Crippen LogP contribution is -2.27. The predicted octanol–water partition coefficient (Wildman–Crippen LogP) is 2.32. The highest BCUT2D eigenvalue weighted by Gasteiger charge is 2.27. The van der Waals surface area contributed by atoms with Gasteiger partial charge in [-0.1, -0.05) is 36.5 Å². The summed E-state index contributed by atoms with van der Waals surface area (Å²) in [6.07, 6.45) is 2.07. The van der Waals surface area contributed by atoms with Crippen molar-refractivity contribution in [2.75, 3.05) is 13.1 Å². The molecule has 0 saturated heterocycles. The van der Waals surface area contributed by atoms with Gasteiger partial charge >= 0.3 is 0 Å². The molecular formula is C8H11Cl2NO. The first kappa shape index (κ1) is 9.87. The van der Waals surface area contributed by atoms with E-state index >= 15 is 0 Å². The number of nitrogens with zero attached hydrogens (tertiary/aromatic N) is 1. The summed E-state index contributed by atoms with van der Waals surface area (Å²) in [5, 5.41) is 0.658. The zero-order valence-electron chi connectivity index (χ0n) is 6.94. The van der Waals surface area contributed by atoms with E-state index < -0.39 is 0 Å². The van der Waals surface area contributed by atoms with Crippen LogP contribution >= 0.6 is 23.2 Å². The molecule has 0 radical (unpaired) electrons. The molecule has 1 rings (SSSR count). The Morgan fingerprint density at radius 3 is 2.58 bits per heavy atom. The van der Waals surface area contributed by atoms with Crippen LogP contribution < -0.4 is 0 Å². The van der Waals surface area contributed by atoms with E-state index in [-0.39, 0.29) is 10.9 Å². The number of amides is 1. The van der Waals surface area contributed by atoms with E-state index in [4.69, 9.17) is 23.2 Å². The van der Waals surface area contributed by atoms with Gasteiger partial charge in [-0.3, -0.25) is 4.79 Å². The van der Waals surface area contributed by atoms with E-state index in [9.17, 15) is 4.79 Å². The standard InChI is InChI=1S/C8H11Cl2NO/c1-2-3-4-11-5-6(9)7(10)8(11)12/h2-5H2,1H3. The van der Waals surface area contributed by atoms with Crippen molar-refractivity contribution in [1.29, 1.82) is 0 Å². The minimum atomic E-state index is -0.130. The molecule has 0 N–H and O–H groups in total. The third-order valence-electron chi connectivity index (χ3n) is 1.82. The third-order valence-corrected chi connectivity index (χ3v) is 2.62. The van der Waals surface area contributed by atoms with Crippen LogP contribution in [0.15, 0.2) is 10.1 Å². The van der Waals surface area contributed by atoms with E-state index in [0.29, 0.717) is 11.6 Å². The molecule has 0 aliphatic carbocycles. The minimum absolute atomic E-state index is 0.130. The fourth-order valence-corrected chi connectivity index (χ4v) is 1.50. The maximum absolute atomic E-state index is 11.3. The van der Waals surface area contributed by atoms with Gasteiger partial charge in [-0.15, -0.1) is 0 Å². The van der Waals surface area contributed by atoms with Crippen LogP contribution in [-0.2, 0) is 4.79 Å². The smallest absolute Gasteiger partial charge is 0.266 e. The first-order valence-electron chi connectivity index (χ1n) is 4.00.